The zero-order valence-corrected chi connectivity index (χ0v) is 23.9. The lowest BCUT2D eigenvalue weighted by Crippen LogP contribution is -2.46. The van der Waals surface area contributed by atoms with Crippen LogP contribution in [0.1, 0.15) is 23.5 Å². The lowest BCUT2D eigenvalue weighted by molar-refractivity contribution is 0.218. The predicted octanol–water partition coefficient (Wildman–Crippen LogP) is 8.58. The van der Waals surface area contributed by atoms with Crippen LogP contribution in [0.25, 0.3) is 33.1 Å². The highest BCUT2D eigenvalue weighted by Gasteiger charge is 2.35. The van der Waals surface area contributed by atoms with Crippen molar-refractivity contribution in [2.45, 2.75) is 24.5 Å². The fourth-order valence-corrected chi connectivity index (χ4v) is 6.60. The average Bonchev–Trinajstić information content (AvgIpc) is 3.45. The number of rotatable bonds is 4. The molecule has 3 atom stereocenters. The predicted molar refractivity (Wildman–Crippen MR) is 177 cm³/mol. The second kappa shape index (κ2) is 10.2. The van der Waals surface area contributed by atoms with Crippen LogP contribution in [0.4, 0.5) is 11.4 Å². The van der Waals surface area contributed by atoms with Gasteiger partial charge in [-0.1, -0.05) is 78.9 Å². The highest BCUT2D eigenvalue weighted by atomic mass is 16.5. The summed E-state index contributed by atoms with van der Waals surface area (Å²) in [4.78, 5) is 6.66. The number of anilines is 2. The monoisotopic (exact) mass is 561 g/mol. The Balaban J connectivity index is 1.23. The van der Waals surface area contributed by atoms with E-state index in [1.54, 1.807) is 7.05 Å². The first-order chi connectivity index (χ1) is 21.2. The van der Waals surface area contributed by atoms with Crippen molar-refractivity contribution in [3.05, 3.63) is 139 Å². The second-order valence-corrected chi connectivity index (χ2v) is 11.2. The summed E-state index contributed by atoms with van der Waals surface area (Å²) in [5, 5.41) is 1.99. The van der Waals surface area contributed by atoms with Crippen LogP contribution in [-0.4, -0.2) is 25.0 Å². The molecule has 0 saturated heterocycles. The largest absolute Gasteiger partial charge is 0.482 e. The van der Waals surface area contributed by atoms with Crippen molar-refractivity contribution in [2.75, 3.05) is 11.9 Å². The molecule has 5 aromatic rings. The molecule has 43 heavy (non-hydrogen) atoms. The smallest absolute Gasteiger partial charge is 0.144 e. The molecule has 8 rings (SSSR count). The number of ether oxygens (including phenoxy) is 1. The number of furan rings is 1. The van der Waals surface area contributed by atoms with E-state index in [0.717, 1.165) is 56.5 Å². The van der Waals surface area contributed by atoms with Gasteiger partial charge in [-0.15, -0.1) is 0 Å². The van der Waals surface area contributed by atoms with E-state index in [-0.39, 0.29) is 12.1 Å². The summed E-state index contributed by atoms with van der Waals surface area (Å²) < 4.78 is 12.8. The molecule has 5 nitrogen and oxygen atoms in total. The molecule has 0 amide bonds. The first-order valence-electron chi connectivity index (χ1n) is 14.7. The van der Waals surface area contributed by atoms with E-state index in [9.17, 15) is 0 Å². The third kappa shape index (κ3) is 4.28. The van der Waals surface area contributed by atoms with Gasteiger partial charge in [-0.3, -0.25) is 4.99 Å². The van der Waals surface area contributed by atoms with Crippen molar-refractivity contribution < 1.29 is 9.15 Å². The van der Waals surface area contributed by atoms with E-state index in [1.807, 2.05) is 24.3 Å². The molecule has 3 aliphatic rings. The van der Waals surface area contributed by atoms with Crippen LogP contribution in [0.2, 0.25) is 0 Å². The molecule has 0 bridgehead atoms. The second-order valence-electron chi connectivity index (χ2n) is 11.2. The molecule has 0 spiro atoms. The first-order valence-corrected chi connectivity index (χ1v) is 14.7. The number of nitrogens with zero attached hydrogens (tertiary/aromatic N) is 2. The van der Waals surface area contributed by atoms with E-state index in [0.29, 0.717) is 11.8 Å². The Bertz CT molecular complexity index is 2040. The third-order valence-electron chi connectivity index (χ3n) is 8.74. The fraction of sp³-hybridized carbons (Fsp3) is 0.132. The SMILES string of the molecule is CN=C(N)c1cccc2oc3ccc(-c4ccc5c(c4)OC4C=CC=CC4N5c4cccc(C5C=CC=CC5)c4)cc3c12. The Hall–Kier alpha value is -5.29. The summed E-state index contributed by atoms with van der Waals surface area (Å²) in [6.07, 6.45) is 18.3. The maximum atomic E-state index is 6.65. The number of hydrogen-bond donors (Lipinski definition) is 1. The van der Waals surface area contributed by atoms with Crippen LogP contribution in [0, 0.1) is 0 Å². The molecule has 5 heteroatoms. The van der Waals surface area contributed by atoms with Crippen molar-refractivity contribution >= 4 is 39.1 Å². The molecular weight excluding hydrogens is 530 g/mol. The maximum absolute atomic E-state index is 6.65. The van der Waals surface area contributed by atoms with Crippen molar-refractivity contribution in [2.24, 2.45) is 10.7 Å². The van der Waals surface area contributed by atoms with Crippen LogP contribution < -0.4 is 15.4 Å². The summed E-state index contributed by atoms with van der Waals surface area (Å²) in [7, 11) is 1.71. The quantitative estimate of drug-likeness (QED) is 0.176. The van der Waals surface area contributed by atoms with Gasteiger partial charge in [0.25, 0.3) is 0 Å². The molecule has 0 saturated carbocycles. The Kier molecular flexibility index (Phi) is 6.04. The number of benzene rings is 4. The van der Waals surface area contributed by atoms with Crippen LogP contribution in [0.3, 0.4) is 0 Å². The standard InChI is InChI=1S/C38H31N3O2/c1-40-38(39)29-13-8-16-35-37(29)30-22-26(18-20-33(30)42-35)27-17-19-32-36(23-27)43-34-15-6-5-14-31(34)41(32)28-12-7-11-25(21-28)24-9-3-2-4-10-24/h2-9,11-24,31,34H,10H2,1H3,(H2,39,40). The molecule has 3 unspecified atom stereocenters. The van der Waals surface area contributed by atoms with Gasteiger partial charge >= 0.3 is 0 Å². The first kappa shape index (κ1) is 25.4. The highest BCUT2D eigenvalue weighted by Crippen LogP contribution is 2.45. The number of allylic oxidation sites excluding steroid dienone is 6. The Morgan fingerprint density at radius 1 is 0.837 bits per heavy atom. The molecule has 0 fully saturated rings. The van der Waals surface area contributed by atoms with Crippen molar-refractivity contribution in [1.29, 1.82) is 0 Å². The van der Waals surface area contributed by atoms with Crippen LogP contribution in [-0.2, 0) is 0 Å². The number of nitrogens with two attached hydrogens (primary N) is 1. The summed E-state index contributed by atoms with van der Waals surface area (Å²) in [6, 6.07) is 27.8. The minimum Gasteiger partial charge on any atom is -0.482 e. The van der Waals surface area contributed by atoms with E-state index in [2.05, 4.69) is 113 Å². The molecule has 1 aromatic heterocycles. The van der Waals surface area contributed by atoms with Gasteiger partial charge in [0, 0.05) is 35.0 Å². The normalized spacial score (nSPS) is 20.8. The molecule has 210 valence electrons. The summed E-state index contributed by atoms with van der Waals surface area (Å²) >= 11 is 0. The minimum atomic E-state index is -0.0897. The van der Waals surface area contributed by atoms with Crippen LogP contribution in [0.5, 0.6) is 5.75 Å². The van der Waals surface area contributed by atoms with Gasteiger partial charge in [0.1, 0.15) is 28.9 Å². The van der Waals surface area contributed by atoms with Gasteiger partial charge in [-0.25, -0.2) is 0 Å². The number of aliphatic imine (C=N–C) groups is 1. The molecule has 2 aliphatic carbocycles. The van der Waals surface area contributed by atoms with Crippen molar-refractivity contribution in [3.8, 4) is 16.9 Å². The Labute approximate surface area is 250 Å². The molecule has 0 radical (unpaired) electrons. The summed E-state index contributed by atoms with van der Waals surface area (Å²) in [5.41, 5.74) is 14.5. The van der Waals surface area contributed by atoms with E-state index in [4.69, 9.17) is 14.9 Å². The van der Waals surface area contributed by atoms with Crippen molar-refractivity contribution in [3.63, 3.8) is 0 Å². The van der Waals surface area contributed by atoms with Gasteiger partial charge in [0.15, 0.2) is 0 Å². The van der Waals surface area contributed by atoms with Crippen LogP contribution in [0.15, 0.2) is 137 Å². The molecule has 2 N–H and O–H groups in total. The lowest BCUT2D eigenvalue weighted by atomic mass is 9.91. The highest BCUT2D eigenvalue weighted by molar-refractivity contribution is 6.18. The lowest BCUT2D eigenvalue weighted by Gasteiger charge is -2.42. The average molecular weight is 562 g/mol. The number of hydrogen-bond acceptors (Lipinski definition) is 4. The topological polar surface area (TPSA) is 64.0 Å². The van der Waals surface area contributed by atoms with Gasteiger partial charge in [-0.2, -0.15) is 0 Å². The third-order valence-corrected chi connectivity index (χ3v) is 8.74. The molecule has 4 aromatic carbocycles. The zero-order chi connectivity index (χ0) is 28.9. The van der Waals surface area contributed by atoms with E-state index >= 15 is 0 Å². The van der Waals surface area contributed by atoms with Gasteiger partial charge in [0.2, 0.25) is 0 Å². The molecular formula is C38H31N3O2. The van der Waals surface area contributed by atoms with Gasteiger partial charge in [-0.05, 0) is 71.7 Å². The Morgan fingerprint density at radius 2 is 1.67 bits per heavy atom. The van der Waals surface area contributed by atoms with E-state index in [1.165, 1.54) is 11.3 Å². The molecule has 2 heterocycles. The number of fused-ring (bicyclic) bond motifs is 5. The minimum absolute atomic E-state index is 0.0677. The van der Waals surface area contributed by atoms with Gasteiger partial charge in [0.05, 0.1) is 11.7 Å². The maximum Gasteiger partial charge on any atom is 0.144 e. The molecule has 1 aliphatic heterocycles. The number of amidine groups is 1. The summed E-state index contributed by atoms with van der Waals surface area (Å²) in [5.74, 6) is 1.74. The summed E-state index contributed by atoms with van der Waals surface area (Å²) in [6.45, 7) is 0. The van der Waals surface area contributed by atoms with Crippen molar-refractivity contribution in [1.82, 2.24) is 0 Å². The fourth-order valence-electron chi connectivity index (χ4n) is 6.60. The zero-order valence-electron chi connectivity index (χ0n) is 23.9. The Morgan fingerprint density at radius 3 is 2.56 bits per heavy atom. The van der Waals surface area contributed by atoms with Gasteiger partial charge < -0.3 is 19.8 Å². The van der Waals surface area contributed by atoms with E-state index < -0.39 is 0 Å². The van der Waals surface area contributed by atoms with Crippen LogP contribution >= 0.6 is 0 Å².